The van der Waals surface area contributed by atoms with Gasteiger partial charge < -0.3 is 21.1 Å². The van der Waals surface area contributed by atoms with Crippen molar-refractivity contribution in [2.45, 2.75) is 11.0 Å². The van der Waals surface area contributed by atoms with Crippen molar-refractivity contribution in [3.8, 4) is 11.1 Å². The van der Waals surface area contributed by atoms with Crippen molar-refractivity contribution in [3.63, 3.8) is 0 Å². The Morgan fingerprint density at radius 1 is 0.943 bits per heavy atom. The molecule has 0 fully saturated rings. The van der Waals surface area contributed by atoms with E-state index >= 15 is 0 Å². The number of likely N-dealkylation sites (N-methyl/N-ethyl adjacent to an activating group) is 2. The summed E-state index contributed by atoms with van der Waals surface area (Å²) < 4.78 is 27.3. The summed E-state index contributed by atoms with van der Waals surface area (Å²) >= 11 is 0. The molecule has 0 aliphatic rings. The number of nitrogen functional groups attached to an aromatic ring is 1. The van der Waals surface area contributed by atoms with E-state index in [2.05, 4.69) is 5.32 Å². The molecule has 35 heavy (non-hydrogen) atoms. The Kier molecular flexibility index (Phi) is 9.00. The minimum atomic E-state index is -3.61. The molecule has 0 aliphatic heterocycles. The maximum atomic E-state index is 13.0. The highest BCUT2D eigenvalue weighted by Gasteiger charge is 2.21. The molecule has 1 atom stereocenters. The summed E-state index contributed by atoms with van der Waals surface area (Å²) in [5.74, 6) is 0.00870. The lowest BCUT2D eigenvalue weighted by Crippen LogP contribution is -2.39. The maximum Gasteiger partial charge on any atom is 0.242 e. The predicted octanol–water partition coefficient (Wildman–Crippen LogP) is 2.66. The molecule has 9 heteroatoms. The molecule has 0 aromatic heterocycles. The number of nitrogens with zero attached hydrogens (tertiary/aromatic N) is 2. The van der Waals surface area contributed by atoms with Crippen LogP contribution < -0.4 is 11.1 Å². The van der Waals surface area contributed by atoms with Gasteiger partial charge in [-0.05, 0) is 54.6 Å². The van der Waals surface area contributed by atoms with Crippen LogP contribution in [0.15, 0.2) is 83.8 Å². The van der Waals surface area contributed by atoms with Gasteiger partial charge in [0.05, 0.1) is 11.0 Å². The van der Waals surface area contributed by atoms with E-state index in [0.29, 0.717) is 31.7 Å². The molecule has 0 spiro atoms. The van der Waals surface area contributed by atoms with Crippen LogP contribution in [0.4, 0.5) is 5.69 Å². The van der Waals surface area contributed by atoms with Crippen LogP contribution in [0.5, 0.6) is 0 Å². The van der Waals surface area contributed by atoms with E-state index in [9.17, 15) is 13.5 Å². The summed E-state index contributed by atoms with van der Waals surface area (Å²) in [6, 6.07) is 23.8. The average Bonchev–Trinajstić information content (AvgIpc) is 2.86. The molecule has 8 nitrogen and oxygen atoms in total. The highest BCUT2D eigenvalue weighted by atomic mass is 32.2. The number of aliphatic hydroxyl groups is 1. The number of rotatable bonds is 12. The summed E-state index contributed by atoms with van der Waals surface area (Å²) in [7, 11) is -0.197. The molecular weight excluding hydrogens is 462 g/mol. The Hall–Kier alpha value is -3.24. The van der Waals surface area contributed by atoms with Gasteiger partial charge in [-0.25, -0.2) is 8.42 Å². The van der Waals surface area contributed by atoms with Crippen molar-refractivity contribution < 1.29 is 13.5 Å². The molecule has 0 radical (unpaired) electrons. The van der Waals surface area contributed by atoms with Gasteiger partial charge in [0.2, 0.25) is 10.0 Å². The lowest BCUT2D eigenvalue weighted by atomic mass is 10.1. The Morgan fingerprint density at radius 2 is 1.54 bits per heavy atom. The molecule has 3 aromatic rings. The fourth-order valence-electron chi connectivity index (χ4n) is 3.58. The summed E-state index contributed by atoms with van der Waals surface area (Å²) in [4.78, 5) is 2.15. The SMILES string of the molecule is CN(CCN(C)S(=O)(=O)c1ccc(-c2ccccc2)cc1)CC(O)CNc1ccc(C(=N)N)cc1. The Balaban J connectivity index is 1.46. The number of nitrogens with two attached hydrogens (primary N) is 1. The van der Waals surface area contributed by atoms with Gasteiger partial charge in [-0.3, -0.25) is 5.41 Å². The summed E-state index contributed by atoms with van der Waals surface area (Å²) in [6.45, 7) is 1.50. The monoisotopic (exact) mass is 495 g/mol. The van der Waals surface area contributed by atoms with Crippen molar-refractivity contribution in [1.82, 2.24) is 9.21 Å². The fraction of sp³-hybridized carbons (Fsp3) is 0.269. The molecule has 186 valence electrons. The van der Waals surface area contributed by atoms with E-state index < -0.39 is 16.1 Å². The van der Waals surface area contributed by atoms with Gasteiger partial charge in [-0.2, -0.15) is 4.31 Å². The third-order valence-electron chi connectivity index (χ3n) is 5.73. The Morgan fingerprint density at radius 3 is 2.14 bits per heavy atom. The molecule has 0 saturated carbocycles. The summed E-state index contributed by atoms with van der Waals surface area (Å²) in [6.07, 6.45) is -0.639. The zero-order valence-corrected chi connectivity index (χ0v) is 20.9. The zero-order valence-electron chi connectivity index (χ0n) is 20.1. The number of aliphatic hydroxyl groups excluding tert-OH is 1. The third kappa shape index (κ3) is 7.37. The predicted molar refractivity (Wildman–Crippen MR) is 141 cm³/mol. The first-order valence-electron chi connectivity index (χ1n) is 11.3. The van der Waals surface area contributed by atoms with Gasteiger partial charge in [-0.15, -0.1) is 0 Å². The third-order valence-corrected chi connectivity index (χ3v) is 7.60. The number of hydrogen-bond donors (Lipinski definition) is 4. The topological polar surface area (TPSA) is 123 Å². The van der Waals surface area contributed by atoms with E-state index in [-0.39, 0.29) is 10.7 Å². The number of amidine groups is 1. The number of sulfonamides is 1. The molecule has 0 heterocycles. The van der Waals surface area contributed by atoms with Gasteiger partial charge >= 0.3 is 0 Å². The van der Waals surface area contributed by atoms with Crippen LogP contribution >= 0.6 is 0 Å². The second kappa shape index (κ2) is 11.9. The van der Waals surface area contributed by atoms with E-state index in [1.807, 2.05) is 54.4 Å². The molecular formula is C26H33N5O3S. The van der Waals surface area contributed by atoms with E-state index in [0.717, 1.165) is 16.8 Å². The van der Waals surface area contributed by atoms with Gasteiger partial charge in [0.25, 0.3) is 0 Å². The second-order valence-electron chi connectivity index (χ2n) is 8.50. The highest BCUT2D eigenvalue weighted by Crippen LogP contribution is 2.22. The normalized spacial score (nSPS) is 12.6. The lowest BCUT2D eigenvalue weighted by Gasteiger charge is -2.24. The maximum absolute atomic E-state index is 13.0. The number of hydrogen-bond acceptors (Lipinski definition) is 6. The molecule has 0 saturated heterocycles. The van der Waals surface area contributed by atoms with Crippen molar-refractivity contribution in [3.05, 3.63) is 84.4 Å². The van der Waals surface area contributed by atoms with Crippen LogP contribution in [0.1, 0.15) is 5.56 Å². The fourth-order valence-corrected chi connectivity index (χ4v) is 4.74. The minimum absolute atomic E-state index is 0.00870. The second-order valence-corrected chi connectivity index (χ2v) is 10.5. The van der Waals surface area contributed by atoms with E-state index in [1.54, 1.807) is 43.4 Å². The molecule has 3 aromatic carbocycles. The van der Waals surface area contributed by atoms with Crippen LogP contribution in [-0.2, 0) is 10.0 Å². The first-order chi connectivity index (χ1) is 16.7. The van der Waals surface area contributed by atoms with Gasteiger partial charge in [0, 0.05) is 44.5 Å². The first-order valence-corrected chi connectivity index (χ1v) is 12.8. The van der Waals surface area contributed by atoms with Crippen molar-refractivity contribution in [2.75, 3.05) is 45.6 Å². The molecule has 1 unspecified atom stereocenters. The highest BCUT2D eigenvalue weighted by molar-refractivity contribution is 7.89. The van der Waals surface area contributed by atoms with Crippen LogP contribution in [0, 0.1) is 5.41 Å². The van der Waals surface area contributed by atoms with E-state index in [4.69, 9.17) is 11.1 Å². The van der Waals surface area contributed by atoms with Crippen molar-refractivity contribution >= 4 is 21.5 Å². The molecule has 5 N–H and O–H groups in total. The Labute approximate surface area is 207 Å². The molecule has 0 bridgehead atoms. The van der Waals surface area contributed by atoms with Crippen molar-refractivity contribution in [1.29, 1.82) is 5.41 Å². The van der Waals surface area contributed by atoms with Crippen LogP contribution in [0.3, 0.4) is 0 Å². The van der Waals surface area contributed by atoms with Crippen LogP contribution in [0.2, 0.25) is 0 Å². The Bertz CT molecular complexity index is 1200. The lowest BCUT2D eigenvalue weighted by molar-refractivity contribution is 0.134. The van der Waals surface area contributed by atoms with Gasteiger partial charge in [0.1, 0.15) is 5.84 Å². The molecule has 0 amide bonds. The van der Waals surface area contributed by atoms with E-state index in [1.165, 1.54) is 4.31 Å². The van der Waals surface area contributed by atoms with Crippen molar-refractivity contribution in [2.24, 2.45) is 5.73 Å². The number of anilines is 1. The average molecular weight is 496 g/mol. The largest absolute Gasteiger partial charge is 0.390 e. The summed E-state index contributed by atoms with van der Waals surface area (Å²) in [5, 5.41) is 20.9. The zero-order chi connectivity index (χ0) is 25.4. The van der Waals surface area contributed by atoms with Gasteiger partial charge in [0.15, 0.2) is 0 Å². The van der Waals surface area contributed by atoms with Crippen LogP contribution in [0.25, 0.3) is 11.1 Å². The number of benzene rings is 3. The summed E-state index contributed by atoms with van der Waals surface area (Å²) in [5.41, 5.74) is 8.91. The van der Waals surface area contributed by atoms with Crippen LogP contribution in [-0.4, -0.2) is 74.9 Å². The first kappa shape index (κ1) is 26.4. The molecule has 3 rings (SSSR count). The minimum Gasteiger partial charge on any atom is -0.390 e. The molecule has 0 aliphatic carbocycles. The standard InChI is InChI=1S/C26H33N5O3S/c1-30(19-24(32)18-29-23-12-8-22(9-13-23)26(27)28)16-17-31(2)35(33,34)25-14-10-21(11-15-25)20-6-4-3-5-7-20/h3-15,24,29,32H,16-19H2,1-2H3,(H3,27,28). The smallest absolute Gasteiger partial charge is 0.242 e. The van der Waals surface area contributed by atoms with Gasteiger partial charge in [-0.1, -0.05) is 42.5 Å². The quantitative estimate of drug-likeness (QED) is 0.226. The number of nitrogens with one attached hydrogen (secondary N) is 2.